The fourth-order valence-electron chi connectivity index (χ4n) is 3.66. The summed E-state index contributed by atoms with van der Waals surface area (Å²) < 4.78 is 13.3. The normalized spacial score (nSPS) is 15.0. The molecule has 0 atom stereocenters. The van der Waals surface area contributed by atoms with Gasteiger partial charge >= 0.3 is 0 Å². The van der Waals surface area contributed by atoms with Gasteiger partial charge in [-0.2, -0.15) is 0 Å². The smallest absolute Gasteiger partial charge is 0.254 e. The fourth-order valence-corrected chi connectivity index (χ4v) is 3.66. The van der Waals surface area contributed by atoms with Crippen LogP contribution in [0.5, 0.6) is 0 Å². The predicted molar refractivity (Wildman–Crippen MR) is 105 cm³/mol. The molecule has 4 rings (SSSR count). The number of hydrogen-bond donors (Lipinski definition) is 1. The second-order valence-electron chi connectivity index (χ2n) is 7.05. The van der Waals surface area contributed by atoms with Crippen LogP contribution in [0.4, 0.5) is 4.39 Å². The van der Waals surface area contributed by atoms with Crippen LogP contribution in [0.15, 0.2) is 54.6 Å². The third kappa shape index (κ3) is 3.45. The lowest BCUT2D eigenvalue weighted by Crippen LogP contribution is -2.41. The molecule has 0 spiro atoms. The van der Waals surface area contributed by atoms with Gasteiger partial charge in [-0.15, -0.1) is 0 Å². The number of rotatable bonds is 3. The first-order chi connectivity index (χ1) is 13.5. The molecule has 6 heteroatoms. The maximum Gasteiger partial charge on any atom is 0.254 e. The van der Waals surface area contributed by atoms with Gasteiger partial charge in [0.2, 0.25) is 5.91 Å². The van der Waals surface area contributed by atoms with E-state index in [0.717, 1.165) is 10.9 Å². The Balaban J connectivity index is 1.72. The van der Waals surface area contributed by atoms with E-state index in [1.165, 1.54) is 12.1 Å². The maximum atomic E-state index is 13.3. The molecule has 2 N–H and O–H groups in total. The number of benzene rings is 2. The van der Waals surface area contributed by atoms with E-state index in [1.807, 2.05) is 24.3 Å². The summed E-state index contributed by atoms with van der Waals surface area (Å²) in [5.41, 5.74) is 8.02. The van der Waals surface area contributed by atoms with E-state index >= 15 is 0 Å². The second-order valence-corrected chi connectivity index (χ2v) is 7.05. The lowest BCUT2D eigenvalue weighted by Gasteiger charge is -2.31. The first kappa shape index (κ1) is 18.1. The summed E-state index contributed by atoms with van der Waals surface area (Å²) in [7, 11) is 0. The van der Waals surface area contributed by atoms with E-state index < -0.39 is 0 Å². The van der Waals surface area contributed by atoms with Gasteiger partial charge in [-0.05, 0) is 49.2 Å². The van der Waals surface area contributed by atoms with Crippen LogP contribution in [-0.2, 0) is 4.79 Å². The van der Waals surface area contributed by atoms with Crippen LogP contribution in [0, 0.1) is 11.7 Å². The number of primary amides is 1. The highest BCUT2D eigenvalue weighted by Gasteiger charge is 2.27. The van der Waals surface area contributed by atoms with Crippen molar-refractivity contribution in [2.75, 3.05) is 13.1 Å². The number of piperidine rings is 1. The van der Waals surface area contributed by atoms with Gasteiger partial charge in [-0.25, -0.2) is 9.37 Å². The Morgan fingerprint density at radius 1 is 1.04 bits per heavy atom. The molecule has 1 aliphatic rings. The van der Waals surface area contributed by atoms with E-state index in [2.05, 4.69) is 4.98 Å². The zero-order chi connectivity index (χ0) is 19.7. The SMILES string of the molecule is NC(=O)C1CCN(C(=O)c2cc(-c3ccc(F)cc3)nc3ccccc23)CC1. The van der Waals surface area contributed by atoms with Crippen molar-refractivity contribution < 1.29 is 14.0 Å². The molecule has 2 aromatic carbocycles. The minimum atomic E-state index is -0.321. The number of para-hydroxylation sites is 1. The number of carbonyl (C=O) groups is 2. The number of likely N-dealkylation sites (tertiary alicyclic amines) is 1. The minimum absolute atomic E-state index is 0.0927. The molecule has 0 aliphatic carbocycles. The molecule has 1 aliphatic heterocycles. The summed E-state index contributed by atoms with van der Waals surface area (Å²) in [6, 6.07) is 15.3. The Labute approximate surface area is 162 Å². The lowest BCUT2D eigenvalue weighted by molar-refractivity contribution is -0.123. The predicted octanol–water partition coefficient (Wildman–Crippen LogP) is 3.38. The minimum Gasteiger partial charge on any atom is -0.369 e. The number of pyridine rings is 1. The molecule has 5 nitrogen and oxygen atoms in total. The maximum absolute atomic E-state index is 13.3. The van der Waals surface area contributed by atoms with Crippen LogP contribution in [0.2, 0.25) is 0 Å². The van der Waals surface area contributed by atoms with Crippen LogP contribution in [-0.4, -0.2) is 34.8 Å². The molecule has 2 heterocycles. The van der Waals surface area contributed by atoms with Crippen molar-refractivity contribution in [3.05, 3.63) is 66.0 Å². The molecule has 3 aromatic rings. The van der Waals surface area contributed by atoms with Crippen molar-refractivity contribution in [3.63, 3.8) is 0 Å². The molecule has 0 radical (unpaired) electrons. The first-order valence-electron chi connectivity index (χ1n) is 9.27. The standard InChI is InChI=1S/C22H20FN3O2/c23-16-7-5-14(6-8-16)20-13-18(17-3-1-2-4-19(17)25-20)22(28)26-11-9-15(10-12-26)21(24)27/h1-8,13,15H,9-12H2,(H2,24,27). The third-order valence-corrected chi connectivity index (χ3v) is 5.27. The van der Waals surface area contributed by atoms with Gasteiger partial charge < -0.3 is 10.6 Å². The van der Waals surface area contributed by atoms with Gasteiger partial charge in [0.25, 0.3) is 5.91 Å². The van der Waals surface area contributed by atoms with Crippen molar-refractivity contribution >= 4 is 22.7 Å². The molecule has 0 bridgehead atoms. The van der Waals surface area contributed by atoms with Gasteiger partial charge in [0.05, 0.1) is 16.8 Å². The van der Waals surface area contributed by atoms with Gasteiger partial charge in [-0.3, -0.25) is 9.59 Å². The molecule has 1 aromatic heterocycles. The number of hydrogen-bond acceptors (Lipinski definition) is 3. The zero-order valence-electron chi connectivity index (χ0n) is 15.3. The number of fused-ring (bicyclic) bond motifs is 1. The highest BCUT2D eigenvalue weighted by atomic mass is 19.1. The van der Waals surface area contributed by atoms with Crippen LogP contribution >= 0.6 is 0 Å². The van der Waals surface area contributed by atoms with E-state index in [1.54, 1.807) is 23.1 Å². The zero-order valence-corrected chi connectivity index (χ0v) is 15.3. The number of aromatic nitrogens is 1. The van der Waals surface area contributed by atoms with Crippen LogP contribution in [0.1, 0.15) is 23.2 Å². The van der Waals surface area contributed by atoms with Crippen LogP contribution in [0.3, 0.4) is 0 Å². The molecular formula is C22H20FN3O2. The van der Waals surface area contributed by atoms with Gasteiger partial charge in [-0.1, -0.05) is 18.2 Å². The van der Waals surface area contributed by atoms with Gasteiger partial charge in [0.1, 0.15) is 5.82 Å². The Hall–Kier alpha value is -3.28. The highest BCUT2D eigenvalue weighted by Crippen LogP contribution is 2.27. The number of nitrogens with zero attached hydrogens (tertiary/aromatic N) is 2. The number of halogens is 1. The van der Waals surface area contributed by atoms with E-state index in [-0.39, 0.29) is 23.5 Å². The molecular weight excluding hydrogens is 357 g/mol. The molecule has 2 amide bonds. The summed E-state index contributed by atoms with van der Waals surface area (Å²) in [5, 5.41) is 0.774. The Kier molecular flexibility index (Phi) is 4.77. The summed E-state index contributed by atoms with van der Waals surface area (Å²) in [4.78, 5) is 31.0. The van der Waals surface area contributed by atoms with Gasteiger partial charge in [0.15, 0.2) is 0 Å². The number of amides is 2. The molecule has 28 heavy (non-hydrogen) atoms. The third-order valence-electron chi connectivity index (χ3n) is 5.27. The molecule has 0 saturated carbocycles. The Morgan fingerprint density at radius 3 is 2.39 bits per heavy atom. The Bertz CT molecular complexity index is 1040. The van der Waals surface area contributed by atoms with Crippen LogP contribution in [0.25, 0.3) is 22.2 Å². The van der Waals surface area contributed by atoms with Gasteiger partial charge in [0, 0.05) is 30.0 Å². The molecule has 1 saturated heterocycles. The van der Waals surface area contributed by atoms with Crippen molar-refractivity contribution in [2.45, 2.75) is 12.8 Å². The van der Waals surface area contributed by atoms with Crippen molar-refractivity contribution in [1.82, 2.24) is 9.88 Å². The molecule has 1 fully saturated rings. The average Bonchev–Trinajstić information content (AvgIpc) is 2.73. The first-order valence-corrected chi connectivity index (χ1v) is 9.27. The molecule has 0 unspecified atom stereocenters. The van der Waals surface area contributed by atoms with E-state index in [0.29, 0.717) is 42.7 Å². The average molecular weight is 377 g/mol. The summed E-state index contributed by atoms with van der Waals surface area (Å²) in [5.74, 6) is -0.892. The lowest BCUT2D eigenvalue weighted by atomic mass is 9.95. The Morgan fingerprint density at radius 2 is 1.71 bits per heavy atom. The summed E-state index contributed by atoms with van der Waals surface area (Å²) in [6.45, 7) is 0.990. The van der Waals surface area contributed by atoms with Crippen molar-refractivity contribution in [3.8, 4) is 11.3 Å². The van der Waals surface area contributed by atoms with Crippen molar-refractivity contribution in [1.29, 1.82) is 0 Å². The van der Waals surface area contributed by atoms with Crippen molar-refractivity contribution in [2.24, 2.45) is 11.7 Å². The number of carbonyl (C=O) groups excluding carboxylic acids is 2. The number of nitrogens with two attached hydrogens (primary N) is 1. The largest absolute Gasteiger partial charge is 0.369 e. The summed E-state index contributed by atoms with van der Waals surface area (Å²) >= 11 is 0. The quantitative estimate of drug-likeness (QED) is 0.760. The molecule has 142 valence electrons. The monoisotopic (exact) mass is 377 g/mol. The van der Waals surface area contributed by atoms with E-state index in [4.69, 9.17) is 5.73 Å². The second kappa shape index (κ2) is 7.38. The van der Waals surface area contributed by atoms with E-state index in [9.17, 15) is 14.0 Å². The summed E-state index contributed by atoms with van der Waals surface area (Å²) in [6.07, 6.45) is 1.16. The fraction of sp³-hybridized carbons (Fsp3) is 0.227. The van der Waals surface area contributed by atoms with Crippen LogP contribution < -0.4 is 5.73 Å². The topological polar surface area (TPSA) is 76.3 Å². The highest BCUT2D eigenvalue weighted by molar-refractivity contribution is 6.07.